The Morgan fingerprint density at radius 2 is 1.25 bits per heavy atom. The van der Waals surface area contributed by atoms with Crippen molar-refractivity contribution in [3.8, 4) is 0 Å². The van der Waals surface area contributed by atoms with E-state index in [2.05, 4.69) is 20.2 Å². The number of rotatable bonds is 0. The van der Waals surface area contributed by atoms with Gasteiger partial charge in [-0.2, -0.15) is 0 Å². The van der Waals surface area contributed by atoms with Gasteiger partial charge in [-0.15, -0.1) is 0 Å². The van der Waals surface area contributed by atoms with E-state index in [0.29, 0.717) is 0 Å². The zero-order chi connectivity index (χ0) is 2.71. The van der Waals surface area contributed by atoms with Crippen LogP contribution in [0.1, 0.15) is 0 Å². The third-order valence-electron chi connectivity index (χ3n) is 0. The molecule has 0 fully saturated rings. The summed E-state index contributed by atoms with van der Waals surface area (Å²) in [6.45, 7) is 0. The molecule has 0 N–H and O–H groups in total. The molecule has 0 rings (SSSR count). The number of hydrogen-bond acceptors (Lipinski definition) is 0. The third kappa shape index (κ3) is 9.34. The van der Waals surface area contributed by atoms with Crippen molar-refractivity contribution in [3.63, 3.8) is 0 Å². The maximum Gasteiger partial charge on any atom is 0 e. The average molecular weight is 141 g/mol. The van der Waals surface area contributed by atoms with Gasteiger partial charge in [0.2, 0.25) is 0 Å². The second-order valence-corrected chi connectivity index (χ2v) is 1.60. The van der Waals surface area contributed by atoms with Crippen LogP contribution in [0.15, 0.2) is 0 Å². The van der Waals surface area contributed by atoms with E-state index in [1.807, 2.05) is 0 Å². The molecule has 0 saturated carbocycles. The summed E-state index contributed by atoms with van der Waals surface area (Å²) in [7, 11) is 9.34. The zero-order valence-corrected chi connectivity index (χ0v) is 4.51. The summed E-state index contributed by atoms with van der Waals surface area (Å²) < 4.78 is 0. The number of hydrogen-bond donors (Lipinski definition) is 0. The van der Waals surface area contributed by atoms with Gasteiger partial charge in [-0.05, 0) is 0 Å². The first-order chi connectivity index (χ1) is 1.41. The third-order valence-corrected chi connectivity index (χ3v) is 0. The minimum atomic E-state index is 0. The quantitative estimate of drug-likeness (QED) is 0.442. The fraction of sp³-hybridized carbons (Fsp3) is 0. The van der Waals surface area contributed by atoms with Gasteiger partial charge in [-0.1, -0.05) is 0 Å². The van der Waals surface area contributed by atoms with E-state index in [1.165, 1.54) is 0 Å². The van der Waals surface area contributed by atoms with E-state index in [-0.39, 0.29) is 18.9 Å². The molecule has 0 aromatic heterocycles. The Labute approximate surface area is 52.0 Å². The summed E-state index contributed by atoms with van der Waals surface area (Å²) in [5.41, 5.74) is 0. The molecule has 26 valence electrons. The maximum absolute atomic E-state index is 4.67. The SMILES string of the molecule is [Cl][Cu][Cl].[Li]. The van der Waals surface area contributed by atoms with Gasteiger partial charge >= 0.3 is 33.3 Å². The Hall–Kier alpha value is 1.70. The van der Waals surface area contributed by atoms with Crippen LogP contribution in [-0.4, -0.2) is 18.9 Å². The molecule has 0 saturated heterocycles. The molecule has 0 unspecified atom stereocenters. The van der Waals surface area contributed by atoms with Gasteiger partial charge in [0, 0.05) is 18.9 Å². The van der Waals surface area contributed by atoms with Crippen molar-refractivity contribution < 1.29 is 13.1 Å². The second-order valence-electron chi connectivity index (χ2n) is 0.0431. The van der Waals surface area contributed by atoms with Crippen molar-refractivity contribution in [2.24, 2.45) is 0 Å². The molecule has 0 aliphatic carbocycles. The Morgan fingerprint density at radius 3 is 1.25 bits per heavy atom. The predicted octanol–water partition coefficient (Wildman–Crippen LogP) is 0.996. The second kappa shape index (κ2) is 8.83. The normalized spacial score (nSPS) is 5.50. The Morgan fingerprint density at radius 1 is 1.25 bits per heavy atom. The largest absolute Gasteiger partial charge is 0 e. The van der Waals surface area contributed by atoms with E-state index >= 15 is 0 Å². The molecule has 0 heterocycles. The maximum atomic E-state index is 4.67. The van der Waals surface area contributed by atoms with E-state index < -0.39 is 0 Å². The molecule has 4 heteroatoms. The Kier molecular flexibility index (Phi) is 20.3. The molecule has 0 aromatic rings. The van der Waals surface area contributed by atoms with Crippen LogP contribution < -0.4 is 0 Å². The summed E-state index contributed by atoms with van der Waals surface area (Å²) in [6, 6.07) is 0. The Bertz CT molecular complexity index is 6.00. The first kappa shape index (κ1) is 9.20. The van der Waals surface area contributed by atoms with Crippen LogP contribution in [0.5, 0.6) is 0 Å². The topological polar surface area (TPSA) is 0 Å². The van der Waals surface area contributed by atoms with Crippen molar-refractivity contribution in [2.45, 2.75) is 0 Å². The van der Waals surface area contributed by atoms with Gasteiger partial charge in [-0.25, -0.2) is 0 Å². The standard InChI is InChI=1S/2ClH.Cu.Li/h2*1H;;/q;;+2;/p-2. The van der Waals surface area contributed by atoms with Crippen molar-refractivity contribution in [2.75, 3.05) is 0 Å². The van der Waals surface area contributed by atoms with Crippen LogP contribution in [0, 0.1) is 0 Å². The summed E-state index contributed by atoms with van der Waals surface area (Å²) in [5, 5.41) is 0. The van der Waals surface area contributed by atoms with Crippen molar-refractivity contribution in [1.82, 2.24) is 0 Å². The monoisotopic (exact) mass is 140 g/mol. The van der Waals surface area contributed by atoms with Crippen molar-refractivity contribution in [1.29, 1.82) is 0 Å². The van der Waals surface area contributed by atoms with Crippen molar-refractivity contribution >= 4 is 39.1 Å². The van der Waals surface area contributed by atoms with Gasteiger partial charge in [0.1, 0.15) is 0 Å². The van der Waals surface area contributed by atoms with Crippen LogP contribution >= 0.6 is 20.2 Å². The van der Waals surface area contributed by atoms with E-state index in [4.69, 9.17) is 0 Å². The van der Waals surface area contributed by atoms with Gasteiger partial charge in [0.15, 0.2) is 0 Å². The minimum Gasteiger partial charge on any atom is 0 e. The fourth-order valence-corrected chi connectivity index (χ4v) is 0. The molecule has 0 bridgehead atoms. The molecule has 1 radical (unpaired) electrons. The number of halogens is 2. The molecule has 4 heavy (non-hydrogen) atoms. The van der Waals surface area contributed by atoms with Gasteiger partial charge in [0.25, 0.3) is 0 Å². The zero-order valence-electron chi connectivity index (χ0n) is 2.06. The molecule has 0 aromatic carbocycles. The molecule has 0 spiro atoms. The average Bonchev–Trinajstić information content (AvgIpc) is 0.918. The minimum absolute atomic E-state index is 0. The molecular weight excluding hydrogens is 141 g/mol. The Balaban J connectivity index is 0. The van der Waals surface area contributed by atoms with Crippen LogP contribution in [0.2, 0.25) is 0 Å². The van der Waals surface area contributed by atoms with Gasteiger partial charge in [-0.3, -0.25) is 0 Å². The van der Waals surface area contributed by atoms with E-state index in [0.717, 1.165) is 13.1 Å². The summed E-state index contributed by atoms with van der Waals surface area (Å²) in [5.74, 6) is 0. The van der Waals surface area contributed by atoms with Crippen LogP contribution in [0.25, 0.3) is 0 Å². The summed E-state index contributed by atoms with van der Waals surface area (Å²) >= 11 is 0.757. The molecular formula is Cl2CuLi. The smallest absolute Gasteiger partial charge is 0 e. The van der Waals surface area contributed by atoms with Crippen LogP contribution in [0.4, 0.5) is 0 Å². The predicted molar refractivity (Wildman–Crippen MR) is 17.5 cm³/mol. The van der Waals surface area contributed by atoms with Crippen LogP contribution in [0.3, 0.4) is 0 Å². The molecule has 0 nitrogen and oxygen atoms in total. The summed E-state index contributed by atoms with van der Waals surface area (Å²) in [4.78, 5) is 0. The van der Waals surface area contributed by atoms with Crippen LogP contribution in [-0.2, 0) is 13.1 Å². The fourth-order valence-electron chi connectivity index (χ4n) is 0. The van der Waals surface area contributed by atoms with E-state index in [9.17, 15) is 0 Å². The molecule has 0 amide bonds. The summed E-state index contributed by atoms with van der Waals surface area (Å²) in [6.07, 6.45) is 0. The first-order valence-corrected chi connectivity index (χ1v) is 2.82. The van der Waals surface area contributed by atoms with Gasteiger partial charge in [0.05, 0.1) is 0 Å². The molecule has 0 aliphatic rings. The molecule has 0 atom stereocenters. The first-order valence-electron chi connectivity index (χ1n) is 0.228. The van der Waals surface area contributed by atoms with Crippen molar-refractivity contribution in [3.05, 3.63) is 0 Å². The van der Waals surface area contributed by atoms with Gasteiger partial charge < -0.3 is 0 Å². The van der Waals surface area contributed by atoms with E-state index in [1.54, 1.807) is 0 Å². The molecule has 0 aliphatic heterocycles.